The molecule has 1 saturated heterocycles. The minimum Gasteiger partial charge on any atom is -0.446 e. The minimum atomic E-state index is -0.519. The van der Waals surface area contributed by atoms with Gasteiger partial charge >= 0.3 is 6.09 Å². The van der Waals surface area contributed by atoms with Crippen LogP contribution in [0.1, 0.15) is 5.56 Å². The first-order valence-electron chi connectivity index (χ1n) is 5.19. The Labute approximate surface area is 96.9 Å². The van der Waals surface area contributed by atoms with E-state index >= 15 is 0 Å². The molecule has 0 unspecified atom stereocenters. The zero-order valence-corrected chi connectivity index (χ0v) is 8.84. The Morgan fingerprint density at radius 3 is 2.88 bits per heavy atom. The first-order valence-corrected chi connectivity index (χ1v) is 5.19. The molecule has 0 radical (unpaired) electrons. The number of nitrogens with zero attached hydrogens (tertiary/aromatic N) is 2. The van der Waals surface area contributed by atoms with Crippen molar-refractivity contribution in [2.45, 2.75) is 0 Å². The molecular weight excluding hydrogens is 222 g/mol. The van der Waals surface area contributed by atoms with Gasteiger partial charge in [-0.05, 0) is 6.07 Å². The van der Waals surface area contributed by atoms with Gasteiger partial charge in [0.1, 0.15) is 6.61 Å². The Kier molecular flexibility index (Phi) is 2.07. The van der Waals surface area contributed by atoms with Crippen LogP contribution in [0.4, 0.5) is 10.5 Å². The Morgan fingerprint density at radius 1 is 1.29 bits per heavy atom. The van der Waals surface area contributed by atoms with Gasteiger partial charge in [0.15, 0.2) is 5.71 Å². The highest BCUT2D eigenvalue weighted by molar-refractivity contribution is 6.53. The molecule has 6 nitrogen and oxygen atoms in total. The largest absolute Gasteiger partial charge is 0.446 e. The number of amides is 2. The molecule has 1 N–H and O–H groups in total. The van der Waals surface area contributed by atoms with Crippen LogP contribution in [0.15, 0.2) is 29.4 Å². The number of carbonyl (C=O) groups is 2. The number of benzene rings is 1. The van der Waals surface area contributed by atoms with Crippen LogP contribution in [-0.2, 0) is 9.53 Å². The molecule has 0 aromatic heterocycles. The monoisotopic (exact) mass is 231 g/mol. The van der Waals surface area contributed by atoms with Crippen LogP contribution in [0.5, 0.6) is 0 Å². The van der Waals surface area contributed by atoms with E-state index in [2.05, 4.69) is 10.4 Å². The van der Waals surface area contributed by atoms with Crippen LogP contribution in [0.25, 0.3) is 0 Å². The fourth-order valence-corrected chi connectivity index (χ4v) is 1.80. The van der Waals surface area contributed by atoms with Crippen molar-refractivity contribution in [3.05, 3.63) is 29.8 Å². The van der Waals surface area contributed by atoms with Crippen molar-refractivity contribution >= 4 is 23.4 Å². The molecule has 0 saturated carbocycles. The lowest BCUT2D eigenvalue weighted by Crippen LogP contribution is -2.23. The number of anilines is 1. The topological polar surface area (TPSA) is 71.0 Å². The van der Waals surface area contributed by atoms with Crippen LogP contribution < -0.4 is 5.32 Å². The molecule has 2 amide bonds. The van der Waals surface area contributed by atoms with Gasteiger partial charge in [0.05, 0.1) is 12.2 Å². The highest BCUT2D eigenvalue weighted by atomic mass is 16.6. The van der Waals surface area contributed by atoms with Crippen LogP contribution in [0.3, 0.4) is 0 Å². The van der Waals surface area contributed by atoms with E-state index in [4.69, 9.17) is 4.74 Å². The van der Waals surface area contributed by atoms with Crippen molar-refractivity contribution in [3.63, 3.8) is 0 Å². The molecule has 1 aromatic rings. The van der Waals surface area contributed by atoms with E-state index in [1.165, 1.54) is 0 Å². The molecule has 6 heteroatoms. The second-order valence-electron chi connectivity index (χ2n) is 3.69. The Morgan fingerprint density at radius 2 is 2.12 bits per heavy atom. The molecule has 0 bridgehead atoms. The summed E-state index contributed by atoms with van der Waals surface area (Å²) in [5.41, 5.74) is 1.67. The van der Waals surface area contributed by atoms with Gasteiger partial charge in [-0.15, -0.1) is 0 Å². The number of carbonyl (C=O) groups excluding carboxylic acids is 2. The molecule has 2 aliphatic rings. The molecule has 17 heavy (non-hydrogen) atoms. The molecule has 0 atom stereocenters. The number of hydrogen-bond donors (Lipinski definition) is 1. The van der Waals surface area contributed by atoms with Crippen LogP contribution >= 0.6 is 0 Å². The number of cyclic esters (lactones) is 1. The molecule has 86 valence electrons. The summed E-state index contributed by atoms with van der Waals surface area (Å²) in [6.45, 7) is 0.677. The predicted octanol–water partition coefficient (Wildman–Crippen LogP) is 0.795. The number of rotatable bonds is 1. The fourth-order valence-electron chi connectivity index (χ4n) is 1.80. The van der Waals surface area contributed by atoms with Gasteiger partial charge in [-0.3, -0.25) is 4.79 Å². The van der Waals surface area contributed by atoms with Crippen LogP contribution in [0, 0.1) is 0 Å². The summed E-state index contributed by atoms with van der Waals surface area (Å²) in [6, 6.07) is 7.22. The van der Waals surface area contributed by atoms with Gasteiger partial charge < -0.3 is 10.1 Å². The highest BCUT2D eigenvalue weighted by Gasteiger charge is 2.29. The highest BCUT2D eigenvalue weighted by Crippen LogP contribution is 2.23. The predicted molar refractivity (Wildman–Crippen MR) is 59.7 cm³/mol. The molecule has 0 spiro atoms. The summed E-state index contributed by atoms with van der Waals surface area (Å²) < 4.78 is 4.75. The average Bonchev–Trinajstić information content (AvgIpc) is 2.85. The van der Waals surface area contributed by atoms with Crippen molar-refractivity contribution in [1.82, 2.24) is 5.01 Å². The maximum atomic E-state index is 11.7. The summed E-state index contributed by atoms with van der Waals surface area (Å²) >= 11 is 0. The molecule has 2 heterocycles. The van der Waals surface area contributed by atoms with E-state index in [1.807, 2.05) is 12.1 Å². The van der Waals surface area contributed by atoms with Gasteiger partial charge in [0.2, 0.25) is 0 Å². The third-order valence-electron chi connectivity index (χ3n) is 2.61. The van der Waals surface area contributed by atoms with E-state index in [9.17, 15) is 9.59 Å². The Bertz CT molecular complexity index is 539. The number of hydrazone groups is 1. The summed E-state index contributed by atoms with van der Waals surface area (Å²) in [5.74, 6) is -0.300. The summed E-state index contributed by atoms with van der Waals surface area (Å²) in [4.78, 5) is 23.0. The lowest BCUT2D eigenvalue weighted by molar-refractivity contribution is -0.110. The number of para-hydroxylation sites is 1. The minimum absolute atomic E-state index is 0.249. The second kappa shape index (κ2) is 3.58. The van der Waals surface area contributed by atoms with Crippen molar-refractivity contribution in [2.24, 2.45) is 5.10 Å². The first-order chi connectivity index (χ1) is 8.25. The second-order valence-corrected chi connectivity index (χ2v) is 3.69. The van der Waals surface area contributed by atoms with E-state index in [0.29, 0.717) is 24.4 Å². The van der Waals surface area contributed by atoms with Crippen molar-refractivity contribution < 1.29 is 14.3 Å². The third kappa shape index (κ3) is 1.54. The quantitative estimate of drug-likeness (QED) is 0.776. The normalized spacial score (nSPS) is 20.5. The molecular formula is C11H9N3O3. The fraction of sp³-hybridized carbons (Fsp3) is 0.182. The number of hydrogen-bond acceptors (Lipinski definition) is 4. The summed E-state index contributed by atoms with van der Waals surface area (Å²) in [6.07, 6.45) is -0.519. The van der Waals surface area contributed by atoms with Gasteiger partial charge in [-0.1, -0.05) is 18.2 Å². The molecule has 2 aliphatic heterocycles. The zero-order valence-electron chi connectivity index (χ0n) is 8.84. The van der Waals surface area contributed by atoms with E-state index < -0.39 is 6.09 Å². The third-order valence-corrected chi connectivity index (χ3v) is 2.61. The standard InChI is InChI=1S/C11H9N3O3/c15-10-9(13-14-5-6-17-11(14)16)7-3-1-2-4-8(7)12-10/h1-4H,5-6H2,(H,12,13,15). The lowest BCUT2D eigenvalue weighted by Gasteiger charge is -2.05. The van der Waals surface area contributed by atoms with Crippen molar-refractivity contribution in [1.29, 1.82) is 0 Å². The average molecular weight is 231 g/mol. The van der Waals surface area contributed by atoms with E-state index in [1.54, 1.807) is 12.1 Å². The molecule has 0 aliphatic carbocycles. The number of nitrogens with one attached hydrogen (secondary N) is 1. The number of ether oxygens (including phenoxy) is 1. The van der Waals surface area contributed by atoms with Gasteiger partial charge in [-0.2, -0.15) is 10.1 Å². The lowest BCUT2D eigenvalue weighted by atomic mass is 10.1. The SMILES string of the molecule is O=C1Nc2ccccc2C1=NN1CCOC1=O. The van der Waals surface area contributed by atoms with Crippen LogP contribution in [0.2, 0.25) is 0 Å². The maximum Gasteiger partial charge on any atom is 0.430 e. The van der Waals surface area contributed by atoms with Crippen molar-refractivity contribution in [2.75, 3.05) is 18.5 Å². The van der Waals surface area contributed by atoms with Gasteiger partial charge in [0.25, 0.3) is 5.91 Å². The molecule has 3 rings (SSSR count). The van der Waals surface area contributed by atoms with Crippen molar-refractivity contribution in [3.8, 4) is 0 Å². The number of fused-ring (bicyclic) bond motifs is 1. The molecule has 1 aromatic carbocycles. The maximum absolute atomic E-state index is 11.7. The zero-order chi connectivity index (χ0) is 11.8. The van der Waals surface area contributed by atoms with E-state index in [0.717, 1.165) is 5.01 Å². The molecule has 1 fully saturated rings. The Balaban J connectivity index is 2.00. The summed E-state index contributed by atoms with van der Waals surface area (Å²) in [5, 5.41) is 7.89. The van der Waals surface area contributed by atoms with E-state index in [-0.39, 0.29) is 11.6 Å². The van der Waals surface area contributed by atoms with Gasteiger partial charge in [0, 0.05) is 5.56 Å². The Hall–Kier alpha value is -2.37. The smallest absolute Gasteiger partial charge is 0.430 e. The van der Waals surface area contributed by atoms with Crippen LogP contribution in [-0.4, -0.2) is 35.9 Å². The summed E-state index contributed by atoms with van der Waals surface area (Å²) in [7, 11) is 0. The first kappa shape index (κ1) is 9.83. The van der Waals surface area contributed by atoms with Gasteiger partial charge in [-0.25, -0.2) is 4.79 Å².